The molecular formula is C51H37N5. The first-order valence-corrected chi connectivity index (χ1v) is 19.4. The van der Waals surface area contributed by atoms with E-state index in [0.29, 0.717) is 6.54 Å². The Morgan fingerprint density at radius 2 is 1.20 bits per heavy atom. The smallest absolute Gasteiger partial charge is 0.181 e. The van der Waals surface area contributed by atoms with Crippen LogP contribution in [0.1, 0.15) is 18.4 Å². The van der Waals surface area contributed by atoms with E-state index in [2.05, 4.69) is 161 Å². The predicted molar refractivity (Wildman–Crippen MR) is 232 cm³/mol. The van der Waals surface area contributed by atoms with Crippen molar-refractivity contribution in [3.63, 3.8) is 0 Å². The third kappa shape index (κ3) is 5.31. The Kier molecular flexibility index (Phi) is 7.62. The van der Waals surface area contributed by atoms with Gasteiger partial charge in [0, 0.05) is 44.1 Å². The fraction of sp³-hybridized carbons (Fsp3) is 0.0588. The zero-order valence-electron chi connectivity index (χ0n) is 30.8. The Balaban J connectivity index is 1.00. The molecule has 10 aromatic rings. The Hall–Kier alpha value is -7.24. The van der Waals surface area contributed by atoms with Crippen LogP contribution in [0.5, 0.6) is 0 Å². The lowest BCUT2D eigenvalue weighted by molar-refractivity contribution is 0.695. The molecule has 0 saturated carbocycles. The van der Waals surface area contributed by atoms with Crippen LogP contribution in [0.3, 0.4) is 0 Å². The highest BCUT2D eigenvalue weighted by atomic mass is 15.3. The van der Waals surface area contributed by atoms with Crippen LogP contribution in [-0.4, -0.2) is 23.9 Å². The Bertz CT molecular complexity index is 3140. The highest BCUT2D eigenvalue weighted by Crippen LogP contribution is 2.41. The second kappa shape index (κ2) is 13.3. The van der Waals surface area contributed by atoms with Crippen LogP contribution in [0.25, 0.3) is 88.9 Å². The van der Waals surface area contributed by atoms with Gasteiger partial charge >= 0.3 is 0 Å². The van der Waals surface area contributed by atoms with Crippen molar-refractivity contribution in [2.75, 3.05) is 0 Å². The summed E-state index contributed by atoms with van der Waals surface area (Å²) in [7, 11) is 0. The van der Waals surface area contributed by atoms with E-state index in [0.717, 1.165) is 46.9 Å². The average Bonchev–Trinajstić information content (AvgIpc) is 3.95. The van der Waals surface area contributed by atoms with Gasteiger partial charge in [-0.1, -0.05) is 140 Å². The lowest BCUT2D eigenvalue weighted by Crippen LogP contribution is -2.04. The van der Waals surface area contributed by atoms with Gasteiger partial charge in [-0.25, -0.2) is 9.67 Å². The SMILES string of the molecule is C1=CCCC(n2c3ccccc3c3cc(-c4cccc5c4c4ccccc4n5-c4ccc(Cn5nc(-c6ccccc6)nc5-c5ccccc5)cc4)ccc32)=C1. The summed E-state index contributed by atoms with van der Waals surface area (Å²) in [5.41, 5.74) is 13.0. The molecule has 5 nitrogen and oxygen atoms in total. The van der Waals surface area contributed by atoms with Gasteiger partial charge in [-0.15, -0.1) is 0 Å². The minimum atomic E-state index is 0.606. The maximum atomic E-state index is 5.00. The van der Waals surface area contributed by atoms with E-state index in [1.807, 2.05) is 41.1 Å². The zero-order valence-corrected chi connectivity index (χ0v) is 30.8. The molecule has 0 bridgehead atoms. The highest BCUT2D eigenvalue weighted by molar-refractivity contribution is 6.17. The Morgan fingerprint density at radius 3 is 1.96 bits per heavy atom. The van der Waals surface area contributed by atoms with Gasteiger partial charge in [-0.3, -0.25) is 0 Å². The van der Waals surface area contributed by atoms with Crippen molar-refractivity contribution >= 4 is 49.3 Å². The number of fused-ring (bicyclic) bond motifs is 6. The summed E-state index contributed by atoms with van der Waals surface area (Å²) in [4.78, 5) is 5.00. The number of hydrogen-bond donors (Lipinski definition) is 0. The molecule has 0 spiro atoms. The highest BCUT2D eigenvalue weighted by Gasteiger charge is 2.19. The van der Waals surface area contributed by atoms with Gasteiger partial charge in [0.1, 0.15) is 0 Å². The van der Waals surface area contributed by atoms with Gasteiger partial charge in [0.15, 0.2) is 11.6 Å². The number of para-hydroxylation sites is 2. The number of benzene rings is 7. The van der Waals surface area contributed by atoms with Crippen LogP contribution in [0.4, 0.5) is 0 Å². The molecule has 56 heavy (non-hydrogen) atoms. The van der Waals surface area contributed by atoms with Crippen molar-refractivity contribution in [3.8, 4) is 39.6 Å². The van der Waals surface area contributed by atoms with Crippen LogP contribution in [-0.2, 0) is 6.54 Å². The maximum absolute atomic E-state index is 5.00. The van der Waals surface area contributed by atoms with Crippen LogP contribution in [0.15, 0.2) is 188 Å². The Labute approximate surface area is 324 Å². The standard InChI is InChI=1S/C51H37N5/c1-4-15-36(16-5-1)50-52-51(37-17-6-2-7-18-37)54(53-50)34-35-27-30-40(31-28-35)56-46-25-13-11-22-43(46)49-41(23-14-26-48(49)56)38-29-32-47-44(33-38)42-21-10-12-24-45(42)55(47)39-19-8-3-9-20-39/h1-8,10-19,21-33H,9,20,34H2. The topological polar surface area (TPSA) is 40.6 Å². The molecule has 1 aliphatic carbocycles. The number of hydrogen-bond acceptors (Lipinski definition) is 2. The molecule has 7 aromatic carbocycles. The van der Waals surface area contributed by atoms with Gasteiger partial charge in [0.2, 0.25) is 0 Å². The van der Waals surface area contributed by atoms with Crippen molar-refractivity contribution in [2.24, 2.45) is 0 Å². The van der Waals surface area contributed by atoms with Gasteiger partial charge in [0.05, 0.1) is 28.6 Å². The van der Waals surface area contributed by atoms with Gasteiger partial charge in [0.25, 0.3) is 0 Å². The molecule has 1 aliphatic rings. The van der Waals surface area contributed by atoms with Crippen molar-refractivity contribution in [3.05, 3.63) is 194 Å². The summed E-state index contributed by atoms with van der Waals surface area (Å²) < 4.78 is 6.89. The summed E-state index contributed by atoms with van der Waals surface area (Å²) in [6.07, 6.45) is 8.82. The zero-order chi connectivity index (χ0) is 37.0. The van der Waals surface area contributed by atoms with E-state index < -0.39 is 0 Å². The molecule has 0 radical (unpaired) electrons. The lowest BCUT2D eigenvalue weighted by Gasteiger charge is -2.14. The minimum Gasteiger partial charge on any atom is -0.313 e. The van der Waals surface area contributed by atoms with E-state index in [1.54, 1.807) is 0 Å². The number of allylic oxidation sites excluding steroid dienone is 4. The molecule has 5 heteroatoms. The van der Waals surface area contributed by atoms with Crippen LogP contribution < -0.4 is 0 Å². The average molecular weight is 720 g/mol. The van der Waals surface area contributed by atoms with E-state index in [9.17, 15) is 0 Å². The second-order valence-corrected chi connectivity index (χ2v) is 14.6. The fourth-order valence-electron chi connectivity index (χ4n) is 8.65. The summed E-state index contributed by atoms with van der Waals surface area (Å²) >= 11 is 0. The summed E-state index contributed by atoms with van der Waals surface area (Å²) in [6, 6.07) is 60.8. The predicted octanol–water partition coefficient (Wildman–Crippen LogP) is 12.7. The molecule has 0 saturated heterocycles. The maximum Gasteiger partial charge on any atom is 0.181 e. The van der Waals surface area contributed by atoms with Crippen molar-refractivity contribution in [2.45, 2.75) is 19.4 Å². The largest absolute Gasteiger partial charge is 0.313 e. The second-order valence-electron chi connectivity index (χ2n) is 14.6. The van der Waals surface area contributed by atoms with Crippen LogP contribution in [0, 0.1) is 0 Å². The molecule has 0 amide bonds. The van der Waals surface area contributed by atoms with E-state index >= 15 is 0 Å². The van der Waals surface area contributed by atoms with Gasteiger partial charge in [-0.05, 0) is 78.1 Å². The molecule has 0 fully saturated rings. The molecule has 11 rings (SSSR count). The molecular weight excluding hydrogens is 683 g/mol. The number of aromatic nitrogens is 5. The van der Waals surface area contributed by atoms with Gasteiger partial charge in [-0.2, -0.15) is 5.10 Å². The molecule has 0 unspecified atom stereocenters. The summed E-state index contributed by atoms with van der Waals surface area (Å²) in [5.74, 6) is 1.58. The van der Waals surface area contributed by atoms with E-state index in [-0.39, 0.29) is 0 Å². The summed E-state index contributed by atoms with van der Waals surface area (Å²) in [6.45, 7) is 0.606. The molecule has 3 aromatic heterocycles. The monoisotopic (exact) mass is 719 g/mol. The molecule has 3 heterocycles. The van der Waals surface area contributed by atoms with Crippen molar-refractivity contribution < 1.29 is 0 Å². The van der Waals surface area contributed by atoms with Crippen LogP contribution >= 0.6 is 0 Å². The molecule has 266 valence electrons. The first-order valence-electron chi connectivity index (χ1n) is 19.4. The van der Waals surface area contributed by atoms with E-state index in [1.165, 1.54) is 60.4 Å². The Morgan fingerprint density at radius 1 is 0.518 bits per heavy atom. The number of nitrogens with zero attached hydrogens (tertiary/aromatic N) is 5. The summed E-state index contributed by atoms with van der Waals surface area (Å²) in [5, 5.41) is 10.1. The van der Waals surface area contributed by atoms with Crippen LogP contribution in [0.2, 0.25) is 0 Å². The first-order chi connectivity index (χ1) is 27.8. The molecule has 0 N–H and O–H groups in total. The molecule has 0 aliphatic heterocycles. The minimum absolute atomic E-state index is 0.606. The number of rotatable bonds is 7. The van der Waals surface area contributed by atoms with E-state index in [4.69, 9.17) is 10.1 Å². The fourth-order valence-corrected chi connectivity index (χ4v) is 8.65. The lowest BCUT2D eigenvalue weighted by atomic mass is 9.98. The molecule has 0 atom stereocenters. The normalized spacial score (nSPS) is 13.0. The first kappa shape index (κ1) is 32.2. The third-order valence-corrected chi connectivity index (χ3v) is 11.2. The van der Waals surface area contributed by atoms with Crippen molar-refractivity contribution in [1.29, 1.82) is 0 Å². The quantitative estimate of drug-likeness (QED) is 0.165. The van der Waals surface area contributed by atoms with Gasteiger partial charge < -0.3 is 9.13 Å². The third-order valence-electron chi connectivity index (χ3n) is 11.2. The van der Waals surface area contributed by atoms with Crippen molar-refractivity contribution in [1.82, 2.24) is 23.9 Å².